The maximum Gasteiger partial charge on any atom is 0.243 e. The van der Waals surface area contributed by atoms with Gasteiger partial charge in [0.25, 0.3) is 0 Å². The predicted molar refractivity (Wildman–Crippen MR) is 122 cm³/mol. The fourth-order valence-electron chi connectivity index (χ4n) is 3.21. The second kappa shape index (κ2) is 10.4. The van der Waals surface area contributed by atoms with Crippen LogP contribution in [0.2, 0.25) is 5.02 Å². The Bertz CT molecular complexity index is 935. The molecule has 0 heterocycles. The zero-order valence-electron chi connectivity index (χ0n) is 18.1. The van der Waals surface area contributed by atoms with E-state index in [4.69, 9.17) is 11.6 Å². The normalized spacial score (nSPS) is 12.2. The van der Waals surface area contributed by atoms with Gasteiger partial charge in [-0.15, -0.1) is 0 Å². The highest BCUT2D eigenvalue weighted by Crippen LogP contribution is 2.24. The van der Waals surface area contributed by atoms with Crippen molar-refractivity contribution in [1.29, 1.82) is 0 Å². The van der Waals surface area contributed by atoms with Crippen molar-refractivity contribution in [3.8, 4) is 0 Å². The molecule has 1 amide bonds. The molecule has 0 saturated carbocycles. The van der Waals surface area contributed by atoms with Gasteiger partial charge in [0, 0.05) is 36.5 Å². The molecule has 0 aliphatic carbocycles. The van der Waals surface area contributed by atoms with E-state index in [-0.39, 0.29) is 16.2 Å². The van der Waals surface area contributed by atoms with Gasteiger partial charge in [-0.1, -0.05) is 63.6 Å². The number of halogens is 1. The summed E-state index contributed by atoms with van der Waals surface area (Å²) in [4.78, 5) is 12.6. The Hall–Kier alpha value is -1.89. The van der Waals surface area contributed by atoms with Gasteiger partial charge in [-0.05, 0) is 41.8 Å². The third-order valence-corrected chi connectivity index (χ3v) is 7.58. The number of amides is 1. The second-order valence-corrected chi connectivity index (χ2v) is 10.3. The molecule has 0 fully saturated rings. The van der Waals surface area contributed by atoms with Crippen molar-refractivity contribution in [2.75, 3.05) is 19.6 Å². The highest BCUT2D eigenvalue weighted by Gasteiger charge is 2.22. The molecule has 0 aromatic heterocycles. The van der Waals surface area contributed by atoms with Crippen LogP contribution in [0.3, 0.4) is 0 Å². The Morgan fingerprint density at radius 3 is 2.10 bits per heavy atom. The number of hydrogen-bond acceptors (Lipinski definition) is 3. The summed E-state index contributed by atoms with van der Waals surface area (Å²) in [6, 6.07) is 14.4. The minimum Gasteiger partial charge on any atom is -0.355 e. The molecule has 2 aromatic carbocycles. The molecular weight excluding hydrogens is 420 g/mol. The van der Waals surface area contributed by atoms with Crippen LogP contribution in [-0.2, 0) is 26.7 Å². The molecule has 5 nitrogen and oxygen atoms in total. The highest BCUT2D eigenvalue weighted by atomic mass is 35.5. The Balaban J connectivity index is 1.89. The van der Waals surface area contributed by atoms with Crippen LogP contribution >= 0.6 is 11.6 Å². The molecule has 0 aliphatic heterocycles. The van der Waals surface area contributed by atoms with E-state index in [1.165, 1.54) is 4.31 Å². The lowest BCUT2D eigenvalue weighted by molar-refractivity contribution is -0.121. The van der Waals surface area contributed by atoms with Crippen molar-refractivity contribution >= 4 is 27.5 Å². The van der Waals surface area contributed by atoms with E-state index in [9.17, 15) is 13.2 Å². The quantitative estimate of drug-likeness (QED) is 0.583. The lowest BCUT2D eigenvalue weighted by atomic mass is 9.84. The summed E-state index contributed by atoms with van der Waals surface area (Å²) in [5, 5.41) is 3.69. The SMILES string of the molecule is CCN(CC)S(=O)(=O)c1ccc(CCC(=O)NCC(C)(C)c2ccc(Cl)cc2)cc1. The lowest BCUT2D eigenvalue weighted by Gasteiger charge is -2.25. The topological polar surface area (TPSA) is 66.5 Å². The zero-order valence-corrected chi connectivity index (χ0v) is 19.7. The van der Waals surface area contributed by atoms with Gasteiger partial charge in [-0.3, -0.25) is 4.79 Å². The predicted octanol–water partition coefficient (Wildman–Crippen LogP) is 4.40. The monoisotopic (exact) mass is 450 g/mol. The van der Waals surface area contributed by atoms with Crippen molar-refractivity contribution < 1.29 is 13.2 Å². The van der Waals surface area contributed by atoms with Gasteiger partial charge >= 0.3 is 0 Å². The van der Waals surface area contributed by atoms with Crippen molar-refractivity contribution in [2.24, 2.45) is 0 Å². The van der Waals surface area contributed by atoms with E-state index in [1.807, 2.05) is 38.1 Å². The third-order valence-electron chi connectivity index (χ3n) is 5.26. The maximum absolute atomic E-state index is 12.5. The summed E-state index contributed by atoms with van der Waals surface area (Å²) in [6.07, 6.45) is 0.900. The average Bonchev–Trinajstić information content (AvgIpc) is 2.72. The Kier molecular flexibility index (Phi) is 8.47. The summed E-state index contributed by atoms with van der Waals surface area (Å²) < 4.78 is 26.5. The summed E-state index contributed by atoms with van der Waals surface area (Å²) in [5.41, 5.74) is 1.83. The average molecular weight is 451 g/mol. The first-order valence-electron chi connectivity index (χ1n) is 10.2. The minimum atomic E-state index is -3.46. The Morgan fingerprint density at radius 2 is 1.57 bits per heavy atom. The smallest absolute Gasteiger partial charge is 0.243 e. The number of rotatable bonds is 10. The molecule has 0 spiro atoms. The standard InChI is InChI=1S/C23H31ClN2O3S/c1-5-26(6-2)30(28,29)21-14-7-18(8-15-21)9-16-22(27)25-17-23(3,4)19-10-12-20(24)13-11-19/h7-8,10-15H,5-6,9,16-17H2,1-4H3,(H,25,27). The number of hydrogen-bond donors (Lipinski definition) is 1. The fourth-order valence-corrected chi connectivity index (χ4v) is 4.79. The Morgan fingerprint density at radius 1 is 1.00 bits per heavy atom. The van der Waals surface area contributed by atoms with E-state index >= 15 is 0 Å². The van der Waals surface area contributed by atoms with Crippen LogP contribution in [0.4, 0.5) is 0 Å². The number of aryl methyl sites for hydroxylation is 1. The minimum absolute atomic E-state index is 0.0307. The van der Waals surface area contributed by atoms with E-state index in [2.05, 4.69) is 19.2 Å². The van der Waals surface area contributed by atoms with E-state index < -0.39 is 10.0 Å². The van der Waals surface area contributed by atoms with Crippen molar-refractivity contribution in [2.45, 2.75) is 50.8 Å². The van der Waals surface area contributed by atoms with Crippen molar-refractivity contribution in [1.82, 2.24) is 9.62 Å². The number of nitrogens with one attached hydrogen (secondary N) is 1. The van der Waals surface area contributed by atoms with Crippen LogP contribution in [-0.4, -0.2) is 38.3 Å². The molecule has 0 saturated heterocycles. The molecule has 0 bridgehead atoms. The first-order valence-corrected chi connectivity index (χ1v) is 12.0. The molecule has 7 heteroatoms. The summed E-state index contributed by atoms with van der Waals surface area (Å²) in [5.74, 6) is -0.0307. The zero-order chi connectivity index (χ0) is 22.4. The number of benzene rings is 2. The number of carbonyl (C=O) groups excluding carboxylic acids is 1. The van der Waals surface area contributed by atoms with Crippen LogP contribution in [0.25, 0.3) is 0 Å². The molecule has 0 unspecified atom stereocenters. The van der Waals surface area contributed by atoms with Crippen LogP contribution in [0.15, 0.2) is 53.4 Å². The summed E-state index contributed by atoms with van der Waals surface area (Å²) in [6.45, 7) is 9.19. The Labute approximate surface area is 185 Å². The van der Waals surface area contributed by atoms with Crippen LogP contribution in [0.5, 0.6) is 0 Å². The van der Waals surface area contributed by atoms with Gasteiger partial charge < -0.3 is 5.32 Å². The molecule has 2 rings (SSSR count). The fraction of sp³-hybridized carbons (Fsp3) is 0.435. The maximum atomic E-state index is 12.5. The number of carbonyl (C=O) groups is 1. The van der Waals surface area contributed by atoms with E-state index in [0.717, 1.165) is 11.1 Å². The molecule has 0 aliphatic rings. The first kappa shape index (κ1) is 24.4. The second-order valence-electron chi connectivity index (χ2n) is 7.90. The molecule has 0 radical (unpaired) electrons. The van der Waals surface area contributed by atoms with E-state index in [1.54, 1.807) is 24.3 Å². The van der Waals surface area contributed by atoms with Crippen molar-refractivity contribution in [3.05, 3.63) is 64.7 Å². The van der Waals surface area contributed by atoms with Crippen LogP contribution in [0.1, 0.15) is 45.2 Å². The van der Waals surface area contributed by atoms with Gasteiger partial charge in [0.15, 0.2) is 0 Å². The highest BCUT2D eigenvalue weighted by molar-refractivity contribution is 7.89. The molecule has 0 atom stereocenters. The number of nitrogens with zero attached hydrogens (tertiary/aromatic N) is 1. The largest absolute Gasteiger partial charge is 0.355 e. The van der Waals surface area contributed by atoms with E-state index in [0.29, 0.717) is 37.5 Å². The van der Waals surface area contributed by atoms with Gasteiger partial charge in [-0.25, -0.2) is 8.42 Å². The third kappa shape index (κ3) is 6.30. The molecule has 1 N–H and O–H groups in total. The molecule has 164 valence electrons. The molecular formula is C23H31ClN2O3S. The first-order chi connectivity index (χ1) is 14.1. The lowest BCUT2D eigenvalue weighted by Crippen LogP contribution is -2.36. The summed E-state index contributed by atoms with van der Waals surface area (Å²) >= 11 is 5.95. The van der Waals surface area contributed by atoms with Gasteiger partial charge in [0.05, 0.1) is 4.90 Å². The molecule has 2 aromatic rings. The number of sulfonamides is 1. The molecule has 30 heavy (non-hydrogen) atoms. The van der Waals surface area contributed by atoms with Gasteiger partial charge in [0.2, 0.25) is 15.9 Å². The van der Waals surface area contributed by atoms with Crippen LogP contribution < -0.4 is 5.32 Å². The van der Waals surface area contributed by atoms with Crippen molar-refractivity contribution in [3.63, 3.8) is 0 Å². The summed E-state index contributed by atoms with van der Waals surface area (Å²) in [7, 11) is -3.46. The van der Waals surface area contributed by atoms with Gasteiger partial charge in [-0.2, -0.15) is 4.31 Å². The van der Waals surface area contributed by atoms with Crippen LogP contribution in [0, 0.1) is 0 Å². The van der Waals surface area contributed by atoms with Gasteiger partial charge in [0.1, 0.15) is 0 Å².